The highest BCUT2D eigenvalue weighted by Gasteiger charge is 2.23. The van der Waals surface area contributed by atoms with Gasteiger partial charge in [0.1, 0.15) is 17.9 Å². The van der Waals surface area contributed by atoms with E-state index in [0.29, 0.717) is 65.5 Å². The summed E-state index contributed by atoms with van der Waals surface area (Å²) < 4.78 is 12.4. The summed E-state index contributed by atoms with van der Waals surface area (Å²) in [6.45, 7) is 3.07. The van der Waals surface area contributed by atoms with Crippen LogP contribution >= 0.6 is 11.6 Å². The topological polar surface area (TPSA) is 178 Å². The third-order valence-corrected chi connectivity index (χ3v) is 10.1. The zero-order chi connectivity index (χ0) is 37.8. The standard InChI is InChI=1S/C39H39ClN8O6/c1-22-27(23-13-14-48-33(15-23)43-17-24(38(48)51)16-41-18-25-9-11-34(49)45-25)5-3-6-28(22)29-7-4-8-30(36(29)40)31-20-42-32(37(47-31)53-2)21-54-39(52)44-19-26-10-12-35(50)46-26/h3-8,13-15,17,20,25-26,41H,9-12,16,18-19,21H2,1-2H3,(H,44,52)(H,45,49)(H,46,50)/t25-,26-/m0/s1. The molecule has 0 unspecified atom stereocenters. The highest BCUT2D eigenvalue weighted by atomic mass is 35.5. The van der Waals surface area contributed by atoms with E-state index in [2.05, 4.69) is 36.2 Å². The second kappa shape index (κ2) is 16.0. The van der Waals surface area contributed by atoms with Crippen molar-refractivity contribution in [2.24, 2.45) is 0 Å². The number of aromatic nitrogens is 4. The minimum atomic E-state index is -0.641. The molecule has 2 fully saturated rings. The molecule has 2 aromatic carbocycles. The lowest BCUT2D eigenvalue weighted by molar-refractivity contribution is -0.120. The van der Waals surface area contributed by atoms with Gasteiger partial charge in [0.15, 0.2) is 0 Å². The SMILES string of the molecule is COc1nc(-c2cccc(-c3cccc(-c4ccn5c(=O)c(CNC[C@@H]6CCC(=O)N6)cnc5c4)c3C)c2Cl)cnc1COC(=O)NC[C@@H]1CCC(=O)N1. The number of pyridine rings is 1. The second-order valence-corrected chi connectivity index (χ2v) is 13.7. The smallest absolute Gasteiger partial charge is 0.407 e. The van der Waals surface area contributed by atoms with Crippen molar-refractivity contribution in [1.82, 2.24) is 40.6 Å². The van der Waals surface area contributed by atoms with E-state index in [0.717, 1.165) is 34.2 Å². The number of alkyl carbamates (subject to hydrolysis) is 1. The first-order valence-electron chi connectivity index (χ1n) is 17.7. The third-order valence-electron chi connectivity index (χ3n) is 9.70. The molecule has 2 saturated heterocycles. The van der Waals surface area contributed by atoms with Gasteiger partial charge in [0.05, 0.1) is 24.0 Å². The summed E-state index contributed by atoms with van der Waals surface area (Å²) in [5.41, 5.74) is 6.89. The van der Waals surface area contributed by atoms with Crippen molar-refractivity contribution in [3.63, 3.8) is 0 Å². The zero-order valence-electron chi connectivity index (χ0n) is 29.8. The van der Waals surface area contributed by atoms with E-state index in [1.54, 1.807) is 18.6 Å². The molecule has 4 N–H and O–H groups in total. The predicted molar refractivity (Wildman–Crippen MR) is 202 cm³/mol. The molecule has 5 heterocycles. The third kappa shape index (κ3) is 7.89. The average molecular weight is 751 g/mol. The highest BCUT2D eigenvalue weighted by Crippen LogP contribution is 2.40. The van der Waals surface area contributed by atoms with Crippen LogP contribution < -0.4 is 31.6 Å². The number of hydrogen-bond donors (Lipinski definition) is 4. The highest BCUT2D eigenvalue weighted by molar-refractivity contribution is 6.36. The Labute approximate surface area is 315 Å². The Bertz CT molecular complexity index is 2310. The number of carbonyl (C=O) groups excluding carboxylic acids is 3. The van der Waals surface area contributed by atoms with E-state index in [9.17, 15) is 19.2 Å². The van der Waals surface area contributed by atoms with E-state index < -0.39 is 6.09 Å². The predicted octanol–water partition coefficient (Wildman–Crippen LogP) is 4.33. The molecular weight excluding hydrogens is 712 g/mol. The van der Waals surface area contributed by atoms with Crippen molar-refractivity contribution in [3.8, 4) is 39.4 Å². The van der Waals surface area contributed by atoms with Gasteiger partial charge in [-0.2, -0.15) is 0 Å². The molecule has 0 bridgehead atoms. The van der Waals surface area contributed by atoms with Crippen LogP contribution in [0.5, 0.6) is 5.88 Å². The molecule has 15 heteroatoms. The number of ether oxygens (including phenoxy) is 2. The van der Waals surface area contributed by atoms with Crippen LogP contribution in [0, 0.1) is 6.92 Å². The average Bonchev–Trinajstić information content (AvgIpc) is 3.80. The molecule has 54 heavy (non-hydrogen) atoms. The summed E-state index contributed by atoms with van der Waals surface area (Å²) in [5.74, 6) is 0.216. The number of benzene rings is 2. The molecule has 7 rings (SSSR count). The molecular formula is C39H39ClN8O6. The van der Waals surface area contributed by atoms with Gasteiger partial charge < -0.3 is 30.7 Å². The minimum absolute atomic E-state index is 0.0306. The number of rotatable bonds is 12. The molecule has 3 amide bonds. The molecule has 278 valence electrons. The van der Waals surface area contributed by atoms with E-state index >= 15 is 0 Å². The molecule has 3 aromatic heterocycles. The number of hydrogen-bond acceptors (Lipinski definition) is 10. The number of halogens is 1. The normalized spacial score (nSPS) is 16.6. The Balaban J connectivity index is 1.07. The molecule has 2 aliphatic rings. The Kier molecular flexibility index (Phi) is 10.8. The van der Waals surface area contributed by atoms with Crippen LogP contribution in [0.25, 0.3) is 39.2 Å². The van der Waals surface area contributed by atoms with Crippen molar-refractivity contribution < 1.29 is 23.9 Å². The Morgan fingerprint density at radius 2 is 1.63 bits per heavy atom. The molecule has 0 aliphatic carbocycles. The maximum atomic E-state index is 13.3. The van der Waals surface area contributed by atoms with Crippen molar-refractivity contribution in [2.75, 3.05) is 20.2 Å². The first-order chi connectivity index (χ1) is 26.2. The number of amides is 3. The molecule has 0 spiro atoms. The maximum absolute atomic E-state index is 13.3. The minimum Gasteiger partial charge on any atom is -0.480 e. The summed E-state index contributed by atoms with van der Waals surface area (Å²) in [6, 6.07) is 15.4. The lowest BCUT2D eigenvalue weighted by Crippen LogP contribution is -2.38. The summed E-state index contributed by atoms with van der Waals surface area (Å²) in [7, 11) is 1.46. The van der Waals surface area contributed by atoms with E-state index in [-0.39, 0.29) is 48.5 Å². The van der Waals surface area contributed by atoms with Crippen LogP contribution in [0.3, 0.4) is 0 Å². The van der Waals surface area contributed by atoms with Crippen LogP contribution in [0.2, 0.25) is 5.02 Å². The van der Waals surface area contributed by atoms with Gasteiger partial charge in [-0.3, -0.25) is 18.8 Å². The van der Waals surface area contributed by atoms with Gasteiger partial charge >= 0.3 is 6.09 Å². The number of fused-ring (bicyclic) bond motifs is 1. The van der Waals surface area contributed by atoms with Crippen LogP contribution in [0.4, 0.5) is 4.79 Å². The van der Waals surface area contributed by atoms with Gasteiger partial charge in [0.25, 0.3) is 5.56 Å². The van der Waals surface area contributed by atoms with Gasteiger partial charge in [-0.15, -0.1) is 0 Å². The van der Waals surface area contributed by atoms with Crippen LogP contribution in [0.15, 0.2) is 71.9 Å². The molecule has 2 atom stereocenters. The number of methoxy groups -OCH3 is 1. The fourth-order valence-electron chi connectivity index (χ4n) is 6.80. The van der Waals surface area contributed by atoms with Crippen LogP contribution in [-0.4, -0.2) is 69.5 Å². The second-order valence-electron chi connectivity index (χ2n) is 13.3. The first-order valence-corrected chi connectivity index (χ1v) is 18.1. The molecule has 14 nitrogen and oxygen atoms in total. The van der Waals surface area contributed by atoms with Gasteiger partial charge in [0, 0.05) is 73.6 Å². The lowest BCUT2D eigenvalue weighted by atomic mass is 9.92. The zero-order valence-corrected chi connectivity index (χ0v) is 30.5. The summed E-state index contributed by atoms with van der Waals surface area (Å²) in [6.07, 6.45) is 6.68. The van der Waals surface area contributed by atoms with Crippen molar-refractivity contribution in [2.45, 2.75) is 57.8 Å². The van der Waals surface area contributed by atoms with Gasteiger partial charge in [0.2, 0.25) is 17.7 Å². The summed E-state index contributed by atoms with van der Waals surface area (Å²) in [4.78, 5) is 62.1. The van der Waals surface area contributed by atoms with Crippen LogP contribution in [0.1, 0.15) is 42.5 Å². The van der Waals surface area contributed by atoms with Crippen molar-refractivity contribution in [3.05, 3.63) is 99.3 Å². The first kappa shape index (κ1) is 36.5. The van der Waals surface area contributed by atoms with Gasteiger partial charge in [-0.05, 0) is 54.2 Å². The van der Waals surface area contributed by atoms with E-state index in [1.165, 1.54) is 11.5 Å². The Hall–Kier alpha value is -5.86. The van der Waals surface area contributed by atoms with Gasteiger partial charge in [-0.1, -0.05) is 48.0 Å². The summed E-state index contributed by atoms with van der Waals surface area (Å²) >= 11 is 7.09. The molecule has 2 aliphatic heterocycles. The maximum Gasteiger partial charge on any atom is 0.407 e. The molecule has 0 saturated carbocycles. The van der Waals surface area contributed by atoms with Crippen LogP contribution in [-0.2, 0) is 27.5 Å². The fourth-order valence-corrected chi connectivity index (χ4v) is 7.13. The molecule has 5 aromatic rings. The number of nitrogens with zero attached hydrogens (tertiary/aromatic N) is 4. The van der Waals surface area contributed by atoms with E-state index in [1.807, 2.05) is 55.5 Å². The fraction of sp³-hybridized carbons (Fsp3) is 0.308. The van der Waals surface area contributed by atoms with Crippen molar-refractivity contribution in [1.29, 1.82) is 0 Å². The monoisotopic (exact) mass is 750 g/mol. The largest absolute Gasteiger partial charge is 0.480 e. The Morgan fingerprint density at radius 1 is 0.926 bits per heavy atom. The van der Waals surface area contributed by atoms with E-state index in [4.69, 9.17) is 21.1 Å². The number of nitrogens with one attached hydrogen (secondary N) is 4. The quantitative estimate of drug-likeness (QED) is 0.144. The lowest BCUT2D eigenvalue weighted by Gasteiger charge is -2.16. The number of carbonyl (C=O) groups is 3. The van der Waals surface area contributed by atoms with Gasteiger partial charge in [-0.25, -0.2) is 19.7 Å². The summed E-state index contributed by atoms with van der Waals surface area (Å²) in [5, 5.41) is 12.1. The Morgan fingerprint density at radius 3 is 2.35 bits per heavy atom. The van der Waals surface area contributed by atoms with Crippen molar-refractivity contribution >= 4 is 35.2 Å². The molecule has 0 radical (unpaired) electrons.